The number of anilines is 1. The third-order valence-electron chi connectivity index (χ3n) is 4.89. The maximum absolute atomic E-state index is 13.1. The van der Waals surface area contributed by atoms with E-state index < -0.39 is 6.04 Å². The molecule has 0 saturated carbocycles. The summed E-state index contributed by atoms with van der Waals surface area (Å²) in [4.78, 5) is 28.9. The van der Waals surface area contributed by atoms with Crippen molar-refractivity contribution in [3.63, 3.8) is 0 Å². The van der Waals surface area contributed by atoms with Crippen LogP contribution >= 0.6 is 0 Å². The largest absolute Gasteiger partial charge is 0.358 e. The van der Waals surface area contributed by atoms with E-state index in [2.05, 4.69) is 20.4 Å². The fourth-order valence-corrected chi connectivity index (χ4v) is 3.37. The molecule has 0 bridgehead atoms. The van der Waals surface area contributed by atoms with Crippen LogP contribution in [0.2, 0.25) is 0 Å². The van der Waals surface area contributed by atoms with Gasteiger partial charge < -0.3 is 10.6 Å². The van der Waals surface area contributed by atoms with E-state index in [1.54, 1.807) is 19.2 Å². The van der Waals surface area contributed by atoms with Crippen molar-refractivity contribution in [2.24, 2.45) is 0 Å². The van der Waals surface area contributed by atoms with Gasteiger partial charge in [-0.1, -0.05) is 30.3 Å². The number of piperazine rings is 1. The quantitative estimate of drug-likeness (QED) is 0.798. The standard InChI is InChI=1S/C21H25FN4O2/c1-23-19(27)15-25-11-13-26(14-12-25)20(16-5-3-2-4-6-16)21(28)24-18-9-7-17(22)8-10-18/h2-10,20H,11-15H2,1H3,(H,23,27)(H,24,28)/t20-/m0/s1. The molecular formula is C21H25FN4O2. The zero-order valence-electron chi connectivity index (χ0n) is 15.9. The van der Waals surface area contributed by atoms with Gasteiger partial charge in [-0.2, -0.15) is 0 Å². The molecule has 7 heteroatoms. The van der Waals surface area contributed by atoms with Crippen molar-refractivity contribution < 1.29 is 14.0 Å². The molecule has 0 spiro atoms. The lowest BCUT2D eigenvalue weighted by molar-refractivity contribution is -0.125. The van der Waals surface area contributed by atoms with Gasteiger partial charge in [0.1, 0.15) is 11.9 Å². The Morgan fingerprint density at radius 3 is 2.25 bits per heavy atom. The molecule has 0 unspecified atom stereocenters. The molecule has 1 heterocycles. The zero-order valence-corrected chi connectivity index (χ0v) is 15.9. The summed E-state index contributed by atoms with van der Waals surface area (Å²) in [5.74, 6) is -0.510. The van der Waals surface area contributed by atoms with Gasteiger partial charge in [0.15, 0.2) is 0 Å². The molecule has 1 fully saturated rings. The van der Waals surface area contributed by atoms with E-state index in [9.17, 15) is 14.0 Å². The monoisotopic (exact) mass is 384 g/mol. The van der Waals surface area contributed by atoms with Crippen LogP contribution in [0.4, 0.5) is 10.1 Å². The van der Waals surface area contributed by atoms with Crippen molar-refractivity contribution in [3.05, 3.63) is 66.0 Å². The lowest BCUT2D eigenvalue weighted by Gasteiger charge is -2.38. The van der Waals surface area contributed by atoms with Crippen LogP contribution in [0.1, 0.15) is 11.6 Å². The van der Waals surface area contributed by atoms with Crippen molar-refractivity contribution in [3.8, 4) is 0 Å². The maximum Gasteiger partial charge on any atom is 0.246 e. The first-order valence-corrected chi connectivity index (χ1v) is 9.35. The average Bonchev–Trinajstić information content (AvgIpc) is 2.72. The molecule has 28 heavy (non-hydrogen) atoms. The van der Waals surface area contributed by atoms with E-state index in [-0.39, 0.29) is 17.6 Å². The molecule has 2 aromatic carbocycles. The van der Waals surface area contributed by atoms with Crippen molar-refractivity contribution in [1.29, 1.82) is 0 Å². The van der Waals surface area contributed by atoms with Gasteiger partial charge in [-0.15, -0.1) is 0 Å². The van der Waals surface area contributed by atoms with Crippen molar-refractivity contribution in [2.45, 2.75) is 6.04 Å². The summed E-state index contributed by atoms with van der Waals surface area (Å²) in [6.07, 6.45) is 0. The summed E-state index contributed by atoms with van der Waals surface area (Å²) in [6, 6.07) is 14.9. The number of carbonyl (C=O) groups excluding carboxylic acids is 2. The first-order valence-electron chi connectivity index (χ1n) is 9.35. The van der Waals surface area contributed by atoms with Gasteiger partial charge in [-0.3, -0.25) is 19.4 Å². The first-order chi connectivity index (χ1) is 13.6. The fourth-order valence-electron chi connectivity index (χ4n) is 3.37. The molecule has 6 nitrogen and oxygen atoms in total. The van der Waals surface area contributed by atoms with Crippen molar-refractivity contribution in [1.82, 2.24) is 15.1 Å². The molecule has 0 aliphatic carbocycles. The minimum atomic E-state index is -0.451. The van der Waals surface area contributed by atoms with E-state index in [1.165, 1.54) is 12.1 Å². The van der Waals surface area contributed by atoms with Crippen LogP contribution in [0.5, 0.6) is 0 Å². The molecule has 0 radical (unpaired) electrons. The van der Waals surface area contributed by atoms with Crippen LogP contribution in [0.25, 0.3) is 0 Å². The van der Waals surface area contributed by atoms with E-state index in [1.807, 2.05) is 30.3 Å². The Bertz CT molecular complexity index is 790. The van der Waals surface area contributed by atoms with Gasteiger partial charge >= 0.3 is 0 Å². The number of nitrogens with zero attached hydrogens (tertiary/aromatic N) is 2. The Morgan fingerprint density at radius 2 is 1.64 bits per heavy atom. The van der Waals surface area contributed by atoms with E-state index in [0.29, 0.717) is 38.4 Å². The van der Waals surface area contributed by atoms with E-state index in [0.717, 1.165) is 5.56 Å². The smallest absolute Gasteiger partial charge is 0.246 e. The number of hydrogen-bond donors (Lipinski definition) is 2. The predicted molar refractivity (Wildman–Crippen MR) is 106 cm³/mol. The first kappa shape index (κ1) is 20.0. The van der Waals surface area contributed by atoms with E-state index in [4.69, 9.17) is 0 Å². The number of benzene rings is 2. The lowest BCUT2D eigenvalue weighted by atomic mass is 10.0. The molecule has 3 rings (SSSR count). The van der Waals surface area contributed by atoms with Crippen LogP contribution in [0, 0.1) is 5.82 Å². The zero-order chi connectivity index (χ0) is 19.9. The molecule has 148 valence electrons. The number of hydrogen-bond acceptors (Lipinski definition) is 4. The highest BCUT2D eigenvalue weighted by Crippen LogP contribution is 2.24. The van der Waals surface area contributed by atoms with Crippen LogP contribution < -0.4 is 10.6 Å². The van der Waals surface area contributed by atoms with Crippen LogP contribution in [0.15, 0.2) is 54.6 Å². The molecule has 0 aromatic heterocycles. The lowest BCUT2D eigenvalue weighted by Crippen LogP contribution is -2.51. The number of nitrogens with one attached hydrogen (secondary N) is 2. The minimum Gasteiger partial charge on any atom is -0.358 e. The van der Waals surface area contributed by atoms with Gasteiger partial charge in [0.2, 0.25) is 11.8 Å². The molecular weight excluding hydrogens is 359 g/mol. The molecule has 2 amide bonds. The van der Waals surface area contributed by atoms with Gasteiger partial charge in [-0.05, 0) is 29.8 Å². The summed E-state index contributed by atoms with van der Waals surface area (Å²) in [7, 11) is 1.63. The summed E-state index contributed by atoms with van der Waals surface area (Å²) >= 11 is 0. The number of likely N-dealkylation sites (N-methyl/N-ethyl adjacent to an activating group) is 1. The number of halogens is 1. The minimum absolute atomic E-state index is 0.0119. The number of carbonyl (C=O) groups is 2. The molecule has 2 N–H and O–H groups in total. The maximum atomic E-state index is 13.1. The van der Waals surface area contributed by atoms with Crippen LogP contribution in [-0.2, 0) is 9.59 Å². The summed E-state index contributed by atoms with van der Waals surface area (Å²) in [6.45, 7) is 3.13. The highest BCUT2D eigenvalue weighted by Gasteiger charge is 2.30. The second-order valence-corrected chi connectivity index (χ2v) is 6.79. The van der Waals surface area contributed by atoms with Gasteiger partial charge in [0.05, 0.1) is 6.54 Å². The summed E-state index contributed by atoms with van der Waals surface area (Å²) in [5.41, 5.74) is 1.47. The average molecular weight is 384 g/mol. The van der Waals surface area contributed by atoms with Crippen molar-refractivity contribution in [2.75, 3.05) is 45.1 Å². The molecule has 1 aliphatic heterocycles. The topological polar surface area (TPSA) is 64.7 Å². The third kappa shape index (κ3) is 5.15. The Labute approximate surface area is 164 Å². The second kappa shape index (κ2) is 9.43. The third-order valence-corrected chi connectivity index (χ3v) is 4.89. The highest BCUT2D eigenvalue weighted by molar-refractivity contribution is 5.95. The SMILES string of the molecule is CNC(=O)CN1CCN([C@H](C(=O)Nc2ccc(F)cc2)c2ccccc2)CC1. The highest BCUT2D eigenvalue weighted by atomic mass is 19.1. The second-order valence-electron chi connectivity index (χ2n) is 6.79. The Kier molecular flexibility index (Phi) is 6.73. The van der Waals surface area contributed by atoms with Gasteiger partial charge in [-0.25, -0.2) is 4.39 Å². The molecule has 1 saturated heterocycles. The van der Waals surface area contributed by atoms with Crippen LogP contribution in [0.3, 0.4) is 0 Å². The number of amides is 2. The summed E-state index contributed by atoms with van der Waals surface area (Å²) < 4.78 is 13.1. The predicted octanol–water partition coefficient (Wildman–Crippen LogP) is 1.87. The molecule has 2 aromatic rings. The number of rotatable bonds is 6. The van der Waals surface area contributed by atoms with Gasteiger partial charge in [0, 0.05) is 38.9 Å². The Hall–Kier alpha value is -2.77. The van der Waals surface area contributed by atoms with Crippen molar-refractivity contribution >= 4 is 17.5 Å². The molecule has 1 aliphatic rings. The van der Waals surface area contributed by atoms with Crippen LogP contribution in [-0.4, -0.2) is 61.4 Å². The normalized spacial score (nSPS) is 16.4. The fraction of sp³-hybridized carbons (Fsp3) is 0.333. The Balaban J connectivity index is 1.72. The van der Waals surface area contributed by atoms with Gasteiger partial charge in [0.25, 0.3) is 0 Å². The van der Waals surface area contributed by atoms with E-state index >= 15 is 0 Å². The Morgan fingerprint density at radius 1 is 1.00 bits per heavy atom. The molecule has 1 atom stereocenters. The summed E-state index contributed by atoms with van der Waals surface area (Å²) in [5, 5.41) is 5.53.